The number of benzene rings is 2. The Morgan fingerprint density at radius 3 is 2.66 bits per heavy atom. The maximum absolute atomic E-state index is 12.3. The van der Waals surface area contributed by atoms with Gasteiger partial charge in [0.2, 0.25) is 0 Å². The van der Waals surface area contributed by atoms with Crippen molar-refractivity contribution >= 4 is 27.4 Å². The third-order valence-corrected chi connectivity index (χ3v) is 6.83. The summed E-state index contributed by atoms with van der Waals surface area (Å²) in [4.78, 5) is 4.41. The average Bonchev–Trinajstić information content (AvgIpc) is 2.69. The van der Waals surface area contributed by atoms with Crippen molar-refractivity contribution in [2.45, 2.75) is 19.4 Å². The number of nitrogens with one attached hydrogen (secondary N) is 2. The summed E-state index contributed by atoms with van der Waals surface area (Å²) in [7, 11) is -3.17. The molecule has 0 saturated carbocycles. The molecule has 1 atom stereocenters. The molecule has 0 amide bonds. The van der Waals surface area contributed by atoms with E-state index >= 15 is 0 Å². The molecule has 1 aliphatic rings. The van der Waals surface area contributed by atoms with Gasteiger partial charge < -0.3 is 16.4 Å². The molecular weight excluding hydrogens is 408 g/mol. The summed E-state index contributed by atoms with van der Waals surface area (Å²) in [5, 5.41) is 6.73. The van der Waals surface area contributed by atoms with Gasteiger partial charge in [0.15, 0.2) is 15.8 Å². The van der Waals surface area contributed by atoms with Gasteiger partial charge in [-0.25, -0.2) is 13.4 Å². The van der Waals surface area contributed by atoms with E-state index in [1.165, 1.54) is 0 Å². The van der Waals surface area contributed by atoms with E-state index < -0.39 is 9.84 Å². The van der Waals surface area contributed by atoms with Gasteiger partial charge in [0.05, 0.1) is 11.5 Å². The molecule has 0 aliphatic carbocycles. The first-order valence-corrected chi connectivity index (χ1v) is 11.6. The van der Waals surface area contributed by atoms with Crippen LogP contribution in [-0.2, 0) is 16.3 Å². The lowest BCUT2D eigenvalue weighted by Gasteiger charge is -2.22. The highest BCUT2D eigenvalue weighted by molar-refractivity contribution is 7.91. The topological polar surface area (TPSA) is 96.6 Å². The number of hydrogen-bond acceptors (Lipinski definition) is 6. The molecule has 0 spiro atoms. The zero-order valence-corrected chi connectivity index (χ0v) is 17.8. The molecule has 0 radical (unpaired) electrons. The van der Waals surface area contributed by atoms with Crippen LogP contribution in [0.1, 0.15) is 22.7 Å². The summed E-state index contributed by atoms with van der Waals surface area (Å²) in [5.41, 5.74) is 8.83. The normalized spacial score (nSPS) is 16.6. The van der Waals surface area contributed by atoms with Crippen LogP contribution in [0.4, 0.5) is 0 Å². The monoisotopic (exact) mass is 432 g/mol. The van der Waals surface area contributed by atoms with Crippen molar-refractivity contribution in [3.05, 3.63) is 82.1 Å². The van der Waals surface area contributed by atoms with Crippen molar-refractivity contribution < 1.29 is 8.42 Å². The van der Waals surface area contributed by atoms with Crippen molar-refractivity contribution in [3.8, 4) is 0 Å². The molecule has 2 aromatic rings. The van der Waals surface area contributed by atoms with Gasteiger partial charge >= 0.3 is 0 Å². The minimum Gasteiger partial charge on any atom is -0.371 e. The molecule has 6 nitrogen and oxygen atoms in total. The molecule has 29 heavy (non-hydrogen) atoms. The van der Waals surface area contributed by atoms with Crippen LogP contribution in [0.25, 0.3) is 0 Å². The van der Waals surface area contributed by atoms with Crippen LogP contribution in [0.2, 0.25) is 5.02 Å². The Hall–Kier alpha value is -2.51. The standard InChI is InChI=1S/C21H25ClN4O2S/c1-15-17(8-5-9-18(15)22)19-14-20(26-21(23)25-19)24-11-13-29(27,28)12-10-16-6-3-2-4-7-16/h2-9,14,19,24H,10-13H2,1H3,(H3,23,25,26). The highest BCUT2D eigenvalue weighted by Gasteiger charge is 2.18. The lowest BCUT2D eigenvalue weighted by Crippen LogP contribution is -2.41. The molecule has 0 saturated heterocycles. The van der Waals surface area contributed by atoms with Gasteiger partial charge in [-0.1, -0.05) is 54.1 Å². The van der Waals surface area contributed by atoms with Crippen molar-refractivity contribution in [1.29, 1.82) is 0 Å². The van der Waals surface area contributed by atoms with Gasteiger partial charge in [-0.15, -0.1) is 0 Å². The van der Waals surface area contributed by atoms with Crippen molar-refractivity contribution in [2.24, 2.45) is 10.7 Å². The van der Waals surface area contributed by atoms with Gasteiger partial charge in [-0.3, -0.25) is 0 Å². The van der Waals surface area contributed by atoms with E-state index in [9.17, 15) is 8.42 Å². The van der Waals surface area contributed by atoms with Crippen LogP contribution in [-0.4, -0.2) is 32.4 Å². The SMILES string of the molecule is Cc1c(Cl)cccc1C1C=C(NCCS(=O)(=O)CCc2ccccc2)NC(N)=N1. The third-order valence-electron chi connectivity index (χ3n) is 4.77. The zero-order chi connectivity index (χ0) is 20.9. The molecular formula is C21H25ClN4O2S. The van der Waals surface area contributed by atoms with Gasteiger partial charge in [0, 0.05) is 11.6 Å². The summed E-state index contributed by atoms with van der Waals surface area (Å²) in [6.45, 7) is 2.22. The number of nitrogens with zero attached hydrogens (tertiary/aromatic N) is 1. The average molecular weight is 433 g/mol. The lowest BCUT2D eigenvalue weighted by atomic mass is 10.0. The van der Waals surface area contributed by atoms with Crippen molar-refractivity contribution in [2.75, 3.05) is 18.1 Å². The predicted octanol–water partition coefficient (Wildman–Crippen LogP) is 2.70. The van der Waals surface area contributed by atoms with Gasteiger partial charge in [-0.05, 0) is 42.2 Å². The Bertz CT molecular complexity index is 1020. The van der Waals surface area contributed by atoms with E-state index in [-0.39, 0.29) is 30.1 Å². The Balaban J connectivity index is 1.58. The molecule has 154 valence electrons. The Labute approximate surface area is 176 Å². The van der Waals surface area contributed by atoms with Crippen LogP contribution in [0.3, 0.4) is 0 Å². The fraction of sp³-hybridized carbons (Fsp3) is 0.286. The maximum atomic E-state index is 12.3. The number of sulfone groups is 1. The summed E-state index contributed by atoms with van der Waals surface area (Å²) >= 11 is 6.22. The number of hydrogen-bond donors (Lipinski definition) is 3. The second-order valence-electron chi connectivity index (χ2n) is 6.93. The molecule has 1 heterocycles. The number of rotatable bonds is 8. The first-order valence-electron chi connectivity index (χ1n) is 9.39. The fourth-order valence-electron chi connectivity index (χ4n) is 3.13. The van der Waals surface area contributed by atoms with Crippen molar-refractivity contribution in [3.63, 3.8) is 0 Å². The van der Waals surface area contributed by atoms with E-state index in [4.69, 9.17) is 17.3 Å². The number of nitrogens with two attached hydrogens (primary N) is 1. The number of guanidine groups is 1. The fourth-order valence-corrected chi connectivity index (χ4v) is 4.47. The van der Waals surface area contributed by atoms with Gasteiger partial charge in [-0.2, -0.15) is 0 Å². The smallest absolute Gasteiger partial charge is 0.195 e. The number of aryl methyl sites for hydroxylation is 1. The van der Waals surface area contributed by atoms with Crippen LogP contribution < -0.4 is 16.4 Å². The molecule has 8 heteroatoms. The van der Waals surface area contributed by atoms with Crippen LogP contribution in [0.15, 0.2) is 65.4 Å². The van der Waals surface area contributed by atoms with Gasteiger partial charge in [0.1, 0.15) is 11.9 Å². The van der Waals surface area contributed by atoms with E-state index in [1.807, 2.05) is 61.5 Å². The van der Waals surface area contributed by atoms with Crippen LogP contribution in [0, 0.1) is 6.92 Å². The molecule has 2 aromatic carbocycles. The van der Waals surface area contributed by atoms with Crippen LogP contribution in [0.5, 0.6) is 0 Å². The number of aliphatic imine (C=N–C) groups is 1. The predicted molar refractivity (Wildman–Crippen MR) is 119 cm³/mol. The summed E-state index contributed by atoms with van der Waals surface area (Å²) < 4.78 is 24.7. The Morgan fingerprint density at radius 2 is 1.90 bits per heavy atom. The maximum Gasteiger partial charge on any atom is 0.195 e. The van der Waals surface area contributed by atoms with Gasteiger partial charge in [0.25, 0.3) is 0 Å². The van der Waals surface area contributed by atoms with Crippen molar-refractivity contribution in [1.82, 2.24) is 10.6 Å². The largest absolute Gasteiger partial charge is 0.371 e. The van der Waals surface area contributed by atoms with E-state index in [0.717, 1.165) is 16.7 Å². The molecule has 1 unspecified atom stereocenters. The Kier molecular flexibility index (Phi) is 6.82. The molecule has 0 bridgehead atoms. The zero-order valence-electron chi connectivity index (χ0n) is 16.2. The molecule has 0 aromatic heterocycles. The minimum atomic E-state index is -3.17. The van der Waals surface area contributed by atoms with E-state index in [0.29, 0.717) is 17.3 Å². The molecule has 0 fully saturated rings. The first-order chi connectivity index (χ1) is 13.8. The molecule has 4 N–H and O–H groups in total. The summed E-state index contributed by atoms with van der Waals surface area (Å²) in [6.07, 6.45) is 2.39. The van der Waals surface area contributed by atoms with E-state index in [2.05, 4.69) is 15.6 Å². The summed E-state index contributed by atoms with van der Waals surface area (Å²) in [6, 6.07) is 15.0. The minimum absolute atomic E-state index is 0.0385. The molecule has 1 aliphatic heterocycles. The number of halogens is 1. The highest BCUT2D eigenvalue weighted by atomic mass is 35.5. The Morgan fingerprint density at radius 1 is 1.14 bits per heavy atom. The van der Waals surface area contributed by atoms with Crippen LogP contribution >= 0.6 is 11.6 Å². The molecule has 3 rings (SSSR count). The quantitative estimate of drug-likeness (QED) is 0.596. The second-order valence-corrected chi connectivity index (χ2v) is 9.64. The first kappa shape index (κ1) is 21.2. The second kappa shape index (κ2) is 9.33. The highest BCUT2D eigenvalue weighted by Crippen LogP contribution is 2.28. The van der Waals surface area contributed by atoms with E-state index in [1.54, 1.807) is 0 Å². The lowest BCUT2D eigenvalue weighted by molar-refractivity contribution is 0.592. The third kappa shape index (κ3) is 5.98. The summed E-state index contributed by atoms with van der Waals surface area (Å²) in [5.74, 6) is 1.07.